The minimum Gasteiger partial charge on any atom is -0.462 e. The second-order valence-electron chi connectivity index (χ2n) is 15.1. The van der Waals surface area contributed by atoms with E-state index in [0.717, 1.165) is 21.6 Å². The van der Waals surface area contributed by atoms with Gasteiger partial charge in [0.1, 0.15) is 47.2 Å². The van der Waals surface area contributed by atoms with E-state index >= 15 is 0 Å². The van der Waals surface area contributed by atoms with Crippen molar-refractivity contribution in [2.24, 2.45) is 5.92 Å². The molecule has 4 bridgehead atoms. The Kier molecular flexibility index (Phi) is 12.2. The molecule has 8 atom stereocenters. The van der Waals surface area contributed by atoms with Gasteiger partial charge in [-0.3, -0.25) is 14.4 Å². The molecule has 3 N–H and O–H groups in total. The molecule has 12 nitrogen and oxygen atoms in total. The van der Waals surface area contributed by atoms with Crippen molar-refractivity contribution in [2.75, 3.05) is 31.8 Å². The molecular weight excluding hydrogens is 740 g/mol. The fraction of sp³-hybridized carbons (Fsp3) is 0.500. The number of esters is 2. The third-order valence-corrected chi connectivity index (χ3v) is 11.5. The zero-order chi connectivity index (χ0) is 40.7. The highest BCUT2D eigenvalue weighted by Gasteiger charge is 2.64. The summed E-state index contributed by atoms with van der Waals surface area (Å²) in [5.74, 6) is -5.74. The molecule has 2 fully saturated rings. The van der Waals surface area contributed by atoms with Crippen molar-refractivity contribution in [1.82, 2.24) is 4.90 Å². The summed E-state index contributed by atoms with van der Waals surface area (Å²) >= 11 is 6.75. The average Bonchev–Trinajstić information content (AvgIpc) is 3.82. The SMILES string of the molecule is CO[C@@H]1/C=C/C=C(\C)Cc2cc(C)c(Cl)c(c2)N(C)C(=O)C[C@H](OC(=O)[C@H](C)N(C)C(=O)c2cc(F)c(N)cc2F)[C@]2(C)O[C@H]2[C@H](C)[C@@H]2C[C@@]1(O)CC(=O)O2. The molecule has 2 aromatic carbocycles. The van der Waals surface area contributed by atoms with Gasteiger partial charge >= 0.3 is 11.9 Å². The number of carbonyl (C=O) groups is 4. The first-order valence-electron chi connectivity index (χ1n) is 17.9. The van der Waals surface area contributed by atoms with Gasteiger partial charge in [0.2, 0.25) is 5.91 Å². The molecule has 3 aliphatic rings. The van der Waals surface area contributed by atoms with Gasteiger partial charge in [-0.2, -0.15) is 0 Å². The Morgan fingerprint density at radius 1 is 1.16 bits per heavy atom. The first-order chi connectivity index (χ1) is 25.7. The van der Waals surface area contributed by atoms with Crippen molar-refractivity contribution in [1.29, 1.82) is 0 Å². The lowest BCUT2D eigenvalue weighted by Gasteiger charge is -2.41. The number of aliphatic hydroxyl groups is 1. The van der Waals surface area contributed by atoms with Crippen LogP contribution >= 0.6 is 11.6 Å². The van der Waals surface area contributed by atoms with Gasteiger partial charge < -0.3 is 39.6 Å². The van der Waals surface area contributed by atoms with Crippen molar-refractivity contribution < 1.29 is 52.0 Å². The number of halogens is 3. The molecule has 2 amide bonds. The quantitative estimate of drug-likeness (QED) is 0.233. The molecule has 5 rings (SSSR count). The van der Waals surface area contributed by atoms with Gasteiger partial charge in [-0.05, 0) is 57.4 Å². The van der Waals surface area contributed by atoms with Gasteiger partial charge in [0, 0.05) is 39.6 Å². The van der Waals surface area contributed by atoms with E-state index in [1.165, 1.54) is 26.0 Å². The number of aryl methyl sites for hydroxylation is 1. The number of ether oxygens (including phenoxy) is 4. The number of nitrogens with zero attached hydrogens (tertiary/aromatic N) is 2. The number of hydrogen-bond donors (Lipinski definition) is 2. The second kappa shape index (κ2) is 16.0. The normalized spacial score (nSPS) is 30.7. The van der Waals surface area contributed by atoms with Crippen molar-refractivity contribution >= 4 is 46.7 Å². The van der Waals surface area contributed by atoms with Crippen LogP contribution in [0.1, 0.15) is 68.4 Å². The predicted molar refractivity (Wildman–Crippen MR) is 200 cm³/mol. The maximum atomic E-state index is 14.7. The third-order valence-electron chi connectivity index (χ3n) is 11.0. The standard InChI is InChI=1S/C40H48ClF2N3O9/c1-20-10-9-11-31(52-8)40(51)18-30(53-34(48)19-40)22(3)36-39(5,55-36)32(17-33(47)46(7)29-14-24(12-20)13-21(2)35(29)41)54-38(50)23(4)45(6)37(49)25-15-27(43)28(44)16-26(25)42/h9-11,13-16,22-23,30-32,36,51H,12,17-19,44H2,1-8H3/b11-9+,20-10+/t22-,23+,30+,31-,32+,36+,39+,40-/m1/s1. The number of carbonyl (C=O) groups excluding carboxylic acids is 4. The Bertz CT molecular complexity index is 1940. The third kappa shape index (κ3) is 8.57. The van der Waals surface area contributed by atoms with Gasteiger partial charge in [-0.1, -0.05) is 48.4 Å². The molecule has 0 unspecified atom stereocenters. The smallest absolute Gasteiger partial charge is 0.328 e. The molecule has 2 saturated heterocycles. The summed E-state index contributed by atoms with van der Waals surface area (Å²) in [5, 5.41) is 12.2. The first kappa shape index (κ1) is 41.8. The van der Waals surface area contributed by atoms with E-state index in [1.807, 2.05) is 26.0 Å². The molecule has 55 heavy (non-hydrogen) atoms. The van der Waals surface area contributed by atoms with E-state index in [4.69, 9.17) is 36.3 Å². The van der Waals surface area contributed by atoms with Crippen LogP contribution in [0.25, 0.3) is 0 Å². The summed E-state index contributed by atoms with van der Waals surface area (Å²) < 4.78 is 52.5. The highest BCUT2D eigenvalue weighted by Crippen LogP contribution is 2.49. The van der Waals surface area contributed by atoms with E-state index in [0.29, 0.717) is 29.3 Å². The molecule has 3 aliphatic heterocycles. The number of benzene rings is 2. The number of epoxide rings is 1. The average molecular weight is 788 g/mol. The zero-order valence-corrected chi connectivity index (χ0v) is 32.9. The summed E-state index contributed by atoms with van der Waals surface area (Å²) in [7, 11) is 4.22. The van der Waals surface area contributed by atoms with Crippen molar-refractivity contribution in [3.63, 3.8) is 0 Å². The number of hydrogen-bond acceptors (Lipinski definition) is 10. The minimum atomic E-state index is -1.62. The highest BCUT2D eigenvalue weighted by atomic mass is 35.5. The Hall–Kier alpha value is -4.37. The Labute approximate surface area is 324 Å². The number of anilines is 2. The van der Waals surface area contributed by atoms with Crippen LogP contribution in [0.2, 0.25) is 5.02 Å². The number of rotatable bonds is 5. The number of nitrogens with two attached hydrogens (primary N) is 1. The first-order valence-corrected chi connectivity index (χ1v) is 18.3. The fourth-order valence-electron chi connectivity index (χ4n) is 7.38. The highest BCUT2D eigenvalue weighted by molar-refractivity contribution is 6.34. The van der Waals surface area contributed by atoms with E-state index < -0.39 is 101 Å². The lowest BCUT2D eigenvalue weighted by Crippen LogP contribution is -2.53. The molecule has 3 heterocycles. The second-order valence-corrected chi connectivity index (χ2v) is 15.5. The summed E-state index contributed by atoms with van der Waals surface area (Å²) in [6.45, 7) is 8.51. The van der Waals surface area contributed by atoms with Crippen LogP contribution < -0.4 is 10.6 Å². The molecule has 0 spiro atoms. The van der Waals surface area contributed by atoms with Crippen LogP contribution in [0, 0.1) is 24.5 Å². The van der Waals surface area contributed by atoms with Crippen LogP contribution in [0.15, 0.2) is 48.1 Å². The molecule has 0 radical (unpaired) electrons. The van der Waals surface area contributed by atoms with Gasteiger partial charge in [0.15, 0.2) is 0 Å². The molecule has 0 aromatic heterocycles. The van der Waals surface area contributed by atoms with Crippen LogP contribution in [-0.4, -0.2) is 96.6 Å². The van der Waals surface area contributed by atoms with Crippen LogP contribution in [0.4, 0.5) is 20.2 Å². The molecule has 2 aromatic rings. The Balaban J connectivity index is 1.51. The summed E-state index contributed by atoms with van der Waals surface area (Å²) in [4.78, 5) is 56.4. The lowest BCUT2D eigenvalue weighted by atomic mass is 9.78. The number of likely N-dealkylation sites (N-methyl/N-ethyl adjacent to an activating group) is 1. The molecular formula is C40H48ClF2N3O9. The van der Waals surface area contributed by atoms with Crippen LogP contribution in [-0.2, 0) is 39.8 Å². The lowest BCUT2D eigenvalue weighted by molar-refractivity contribution is -0.187. The number of methoxy groups -OCH3 is 1. The number of allylic oxidation sites excluding steroid dienone is 3. The largest absolute Gasteiger partial charge is 0.462 e. The topological polar surface area (TPSA) is 161 Å². The minimum absolute atomic E-state index is 0.00333. The molecule has 15 heteroatoms. The molecule has 0 saturated carbocycles. The summed E-state index contributed by atoms with van der Waals surface area (Å²) in [5.41, 5.74) is 4.35. The maximum Gasteiger partial charge on any atom is 0.328 e. The number of nitrogen functional groups attached to an aromatic ring is 1. The van der Waals surface area contributed by atoms with Crippen molar-refractivity contribution in [2.45, 2.75) is 102 Å². The van der Waals surface area contributed by atoms with E-state index in [-0.39, 0.29) is 12.8 Å². The number of fused-ring (bicyclic) bond motifs is 5. The Morgan fingerprint density at radius 3 is 2.53 bits per heavy atom. The van der Waals surface area contributed by atoms with Crippen LogP contribution in [0.5, 0.6) is 0 Å². The van der Waals surface area contributed by atoms with Gasteiger partial charge in [-0.25, -0.2) is 13.6 Å². The van der Waals surface area contributed by atoms with Gasteiger partial charge in [0.05, 0.1) is 40.9 Å². The van der Waals surface area contributed by atoms with E-state index in [2.05, 4.69) is 0 Å². The van der Waals surface area contributed by atoms with Gasteiger partial charge in [-0.15, -0.1) is 0 Å². The molecule has 0 aliphatic carbocycles. The maximum absolute atomic E-state index is 14.7. The number of amides is 2. The zero-order valence-electron chi connectivity index (χ0n) is 32.2. The van der Waals surface area contributed by atoms with E-state index in [1.54, 1.807) is 39.1 Å². The van der Waals surface area contributed by atoms with E-state index in [9.17, 15) is 33.1 Å². The van der Waals surface area contributed by atoms with Crippen molar-refractivity contribution in [3.05, 3.63) is 81.4 Å². The Morgan fingerprint density at radius 2 is 1.85 bits per heavy atom. The summed E-state index contributed by atoms with van der Waals surface area (Å²) in [6.07, 6.45) is 1.42. The predicted octanol–water partition coefficient (Wildman–Crippen LogP) is 5.24. The van der Waals surface area contributed by atoms with Gasteiger partial charge in [0.25, 0.3) is 5.91 Å². The molecule has 298 valence electrons. The summed E-state index contributed by atoms with van der Waals surface area (Å²) in [6, 6.07) is 3.71. The van der Waals surface area contributed by atoms with Crippen LogP contribution in [0.3, 0.4) is 0 Å². The van der Waals surface area contributed by atoms with Crippen molar-refractivity contribution in [3.8, 4) is 0 Å². The fourth-order valence-corrected chi connectivity index (χ4v) is 7.62. The monoisotopic (exact) mass is 787 g/mol.